The van der Waals surface area contributed by atoms with Gasteiger partial charge in [-0.25, -0.2) is 9.55 Å². The molecule has 2 heterocycles. The number of imidazole rings is 1. The van der Waals surface area contributed by atoms with Gasteiger partial charge in [-0.15, -0.1) is 0 Å². The van der Waals surface area contributed by atoms with Crippen LogP contribution in [0.15, 0.2) is 41.5 Å². The lowest BCUT2D eigenvalue weighted by atomic mass is 10.3. The highest BCUT2D eigenvalue weighted by Gasteiger charge is 2.32. The molecule has 0 aliphatic carbocycles. The highest BCUT2D eigenvalue weighted by Crippen LogP contribution is 2.44. The molecule has 0 aliphatic heterocycles. The number of carbonyl (C=O) groups excluding carboxylic acids is 1. The maximum atomic E-state index is 13.4. The zero-order valence-corrected chi connectivity index (χ0v) is 20.4. The summed E-state index contributed by atoms with van der Waals surface area (Å²) in [7, 11) is -3.97. The maximum absolute atomic E-state index is 13.4. The third-order valence-corrected chi connectivity index (χ3v) is 6.31. The third-order valence-electron chi connectivity index (χ3n) is 4.63. The minimum atomic E-state index is -3.97. The number of hydrogen-bond donors (Lipinski definition) is 3. The molecule has 0 radical (unpaired) electrons. The first kappa shape index (κ1) is 26.4. The zero-order valence-electron chi connectivity index (χ0n) is 19.5. The number of nitrogen functional groups attached to an aromatic ring is 1. The molecular weight excluding hydrogens is 479 g/mol. The smallest absolute Gasteiger partial charge is 0.459 e. The lowest BCUT2D eigenvalue weighted by Crippen LogP contribution is -2.35. The number of aromatic amines is 1. The number of unbranched alkanes of at least 4 members (excludes halogenated alkanes) is 1. The molecule has 0 bridgehead atoms. The fourth-order valence-electron chi connectivity index (χ4n) is 2.89. The van der Waals surface area contributed by atoms with Gasteiger partial charge < -0.3 is 19.7 Å². The molecule has 1 unspecified atom stereocenters. The van der Waals surface area contributed by atoms with Crippen LogP contribution in [-0.4, -0.2) is 51.4 Å². The van der Waals surface area contributed by atoms with Crippen LogP contribution >= 0.6 is 7.75 Å². The molecule has 13 nitrogen and oxygen atoms in total. The van der Waals surface area contributed by atoms with Crippen LogP contribution in [0.1, 0.15) is 26.7 Å². The number of aromatic nitrogens is 4. The number of ether oxygens (including phenoxy) is 2. The van der Waals surface area contributed by atoms with E-state index in [2.05, 4.69) is 20.0 Å². The van der Waals surface area contributed by atoms with E-state index in [-0.39, 0.29) is 43.7 Å². The van der Waals surface area contributed by atoms with Gasteiger partial charge >= 0.3 is 13.7 Å². The van der Waals surface area contributed by atoms with Crippen molar-refractivity contribution in [3.05, 3.63) is 47.0 Å². The highest BCUT2D eigenvalue weighted by atomic mass is 31.2. The predicted molar refractivity (Wildman–Crippen MR) is 128 cm³/mol. The molecule has 0 fully saturated rings. The highest BCUT2D eigenvalue weighted by molar-refractivity contribution is 7.52. The van der Waals surface area contributed by atoms with Gasteiger partial charge in [-0.2, -0.15) is 10.1 Å². The monoisotopic (exact) mass is 508 g/mol. The summed E-state index contributed by atoms with van der Waals surface area (Å²) in [5.74, 6) is -0.307. The molecule has 3 rings (SSSR count). The van der Waals surface area contributed by atoms with E-state index in [1.165, 1.54) is 17.8 Å². The number of nitrogens with two attached hydrogens (primary N) is 1. The van der Waals surface area contributed by atoms with Gasteiger partial charge in [-0.05, 0) is 25.5 Å². The molecule has 0 saturated carbocycles. The second-order valence-electron chi connectivity index (χ2n) is 7.48. The minimum absolute atomic E-state index is 0.00676. The van der Waals surface area contributed by atoms with Crippen LogP contribution in [-0.2, 0) is 30.1 Å². The zero-order chi connectivity index (χ0) is 25.3. The predicted octanol–water partition coefficient (Wildman–Crippen LogP) is 2.20. The summed E-state index contributed by atoms with van der Waals surface area (Å²) in [5, 5.41) is 2.61. The number of fused-ring (bicyclic) bond motifs is 1. The minimum Gasteiger partial charge on any atom is -0.465 e. The van der Waals surface area contributed by atoms with Crippen LogP contribution in [0.25, 0.3) is 11.2 Å². The Morgan fingerprint density at radius 3 is 2.77 bits per heavy atom. The molecule has 3 aromatic rings. The van der Waals surface area contributed by atoms with E-state index in [1.54, 1.807) is 30.3 Å². The van der Waals surface area contributed by atoms with E-state index >= 15 is 0 Å². The number of rotatable bonds is 14. The normalized spacial score (nSPS) is 13.9. The van der Waals surface area contributed by atoms with Crippen molar-refractivity contribution < 1.29 is 27.9 Å². The lowest BCUT2D eigenvalue weighted by Gasteiger charge is -2.22. The average molecular weight is 508 g/mol. The molecule has 0 saturated heterocycles. The van der Waals surface area contributed by atoms with Gasteiger partial charge in [0.1, 0.15) is 18.5 Å². The van der Waals surface area contributed by atoms with Crippen molar-refractivity contribution in [1.82, 2.24) is 24.6 Å². The molecule has 14 heteroatoms. The van der Waals surface area contributed by atoms with Gasteiger partial charge in [-0.3, -0.25) is 23.7 Å². The molecule has 4 N–H and O–H groups in total. The first-order chi connectivity index (χ1) is 16.8. The molecule has 2 aromatic heterocycles. The Morgan fingerprint density at radius 2 is 2.03 bits per heavy atom. The Kier molecular flexibility index (Phi) is 9.38. The Hall–Kier alpha value is -3.25. The van der Waals surface area contributed by atoms with E-state index in [4.69, 9.17) is 24.3 Å². The van der Waals surface area contributed by atoms with Crippen LogP contribution in [0, 0.1) is 0 Å². The van der Waals surface area contributed by atoms with E-state index in [0.717, 1.165) is 12.8 Å². The number of anilines is 1. The molecule has 35 heavy (non-hydrogen) atoms. The van der Waals surface area contributed by atoms with Crippen LogP contribution < -0.4 is 20.9 Å². The van der Waals surface area contributed by atoms with E-state index in [9.17, 15) is 14.2 Å². The first-order valence-corrected chi connectivity index (χ1v) is 12.6. The second kappa shape index (κ2) is 12.5. The van der Waals surface area contributed by atoms with Crippen LogP contribution in [0.3, 0.4) is 0 Å². The number of para-hydroxylation sites is 1. The van der Waals surface area contributed by atoms with Gasteiger partial charge in [0, 0.05) is 0 Å². The van der Waals surface area contributed by atoms with Crippen molar-refractivity contribution in [2.75, 3.05) is 25.6 Å². The fourth-order valence-corrected chi connectivity index (χ4v) is 4.36. The Bertz CT molecular complexity index is 1220. The molecule has 0 spiro atoms. The fraction of sp³-hybridized carbons (Fsp3) is 0.429. The van der Waals surface area contributed by atoms with Crippen LogP contribution in [0.2, 0.25) is 0 Å². The number of esters is 1. The average Bonchev–Trinajstić information content (AvgIpc) is 3.22. The van der Waals surface area contributed by atoms with Gasteiger partial charge in [0.15, 0.2) is 11.2 Å². The van der Waals surface area contributed by atoms with Gasteiger partial charge in [0.2, 0.25) is 5.95 Å². The van der Waals surface area contributed by atoms with E-state index in [1.807, 2.05) is 6.92 Å². The van der Waals surface area contributed by atoms with Gasteiger partial charge in [-0.1, -0.05) is 31.5 Å². The van der Waals surface area contributed by atoms with Gasteiger partial charge in [0.25, 0.3) is 5.56 Å². The summed E-state index contributed by atoms with van der Waals surface area (Å²) in [4.78, 5) is 34.5. The van der Waals surface area contributed by atoms with E-state index in [0.29, 0.717) is 5.75 Å². The number of nitrogens with one attached hydrogen (secondary N) is 2. The maximum Gasteiger partial charge on any atom is 0.459 e. The Balaban J connectivity index is 1.57. The molecular formula is C21H29N6O7P. The second-order valence-corrected chi connectivity index (χ2v) is 9.18. The van der Waals surface area contributed by atoms with E-state index < -0.39 is 25.3 Å². The first-order valence-electron chi connectivity index (χ1n) is 11.0. The molecule has 0 amide bonds. The van der Waals surface area contributed by atoms with Crippen molar-refractivity contribution >= 4 is 30.8 Å². The van der Waals surface area contributed by atoms with Crippen LogP contribution in [0.4, 0.5) is 5.95 Å². The number of hydrogen-bond acceptors (Lipinski definition) is 10. The third kappa shape index (κ3) is 7.62. The molecule has 2 atom stereocenters. The molecule has 1 aromatic carbocycles. The topological polar surface area (TPSA) is 173 Å². The Morgan fingerprint density at radius 1 is 1.26 bits per heavy atom. The van der Waals surface area contributed by atoms with Crippen molar-refractivity contribution in [1.29, 1.82) is 0 Å². The van der Waals surface area contributed by atoms with Crippen molar-refractivity contribution in [3.8, 4) is 5.75 Å². The molecule has 0 aliphatic rings. The largest absolute Gasteiger partial charge is 0.465 e. The summed E-state index contributed by atoms with van der Waals surface area (Å²) >= 11 is 0. The number of nitrogens with zero attached hydrogens (tertiary/aromatic N) is 3. The number of carbonyl (C=O) groups is 1. The van der Waals surface area contributed by atoms with Gasteiger partial charge in [0.05, 0.1) is 26.1 Å². The Labute approximate surface area is 201 Å². The number of benzene rings is 1. The quantitative estimate of drug-likeness (QED) is 0.165. The summed E-state index contributed by atoms with van der Waals surface area (Å²) in [6.45, 7) is 3.64. The standard InChI is InChI=1S/C21H29N6O7P/c1-3-4-10-32-20(29)15(2)26-35(30,34-16-8-6-5-7-9-16)33-12-11-31-14-27-13-23-17-18(27)24-21(22)25-19(17)28/h5-9,13,15H,3-4,10-12,14H2,1-2H3,(H,26,30)(H3,22,24,25,28)/t15-,35?/m0/s1. The van der Waals surface area contributed by atoms with Crippen molar-refractivity contribution in [3.63, 3.8) is 0 Å². The summed E-state index contributed by atoms with van der Waals surface area (Å²) in [5.41, 5.74) is 5.52. The lowest BCUT2D eigenvalue weighted by molar-refractivity contribution is -0.145. The van der Waals surface area contributed by atoms with Crippen LogP contribution in [0.5, 0.6) is 5.75 Å². The number of H-pyrrole nitrogens is 1. The SMILES string of the molecule is CCCCOC(=O)[C@H](C)NP(=O)(OCCOCn1cnc2c(=O)[nH]c(N)nc21)Oc1ccccc1. The van der Waals surface area contributed by atoms with Crippen molar-refractivity contribution in [2.45, 2.75) is 39.5 Å². The summed E-state index contributed by atoms with van der Waals surface area (Å²) in [6.07, 6.45) is 3.00. The summed E-state index contributed by atoms with van der Waals surface area (Å²) in [6, 6.07) is 7.50. The van der Waals surface area contributed by atoms with Crippen molar-refractivity contribution in [2.24, 2.45) is 0 Å². The summed E-state index contributed by atoms with van der Waals surface area (Å²) < 4.78 is 36.6. The molecule has 190 valence electrons.